The number of carbonyl (C=O) groups is 3. The first-order valence-electron chi connectivity index (χ1n) is 11.1. The number of aliphatic carboxylic acids is 1. The quantitative estimate of drug-likeness (QED) is 0.608. The van der Waals surface area contributed by atoms with Gasteiger partial charge in [0, 0.05) is 18.5 Å². The summed E-state index contributed by atoms with van der Waals surface area (Å²) in [5.74, 6) is -1.55. The summed E-state index contributed by atoms with van der Waals surface area (Å²) in [4.78, 5) is 40.2. The lowest BCUT2D eigenvalue weighted by Crippen LogP contribution is -2.54. The van der Waals surface area contributed by atoms with Crippen LogP contribution in [0.5, 0.6) is 0 Å². The fourth-order valence-corrected chi connectivity index (χ4v) is 4.45. The van der Waals surface area contributed by atoms with Gasteiger partial charge < -0.3 is 25.0 Å². The monoisotopic (exact) mass is 451 g/mol. The number of nitrogens with zero attached hydrogens (tertiary/aromatic N) is 2. The number of carboxylic acid groups (broad SMARTS) is 1. The van der Waals surface area contributed by atoms with Crippen LogP contribution in [0, 0.1) is 0 Å². The van der Waals surface area contributed by atoms with Crippen molar-refractivity contribution in [2.75, 3.05) is 33.8 Å². The van der Waals surface area contributed by atoms with Crippen molar-refractivity contribution in [1.82, 2.24) is 15.1 Å². The maximum Gasteiger partial charge on any atom is 0.407 e. The third kappa shape index (κ3) is 5.17. The van der Waals surface area contributed by atoms with Crippen molar-refractivity contribution in [2.24, 2.45) is 0 Å². The largest absolute Gasteiger partial charge is 0.480 e. The molecule has 4 rings (SSSR count). The molecule has 174 valence electrons. The molecule has 0 saturated heterocycles. The number of carboxylic acids is 1. The van der Waals surface area contributed by atoms with E-state index in [1.165, 1.54) is 4.90 Å². The van der Waals surface area contributed by atoms with Gasteiger partial charge in [-0.3, -0.25) is 9.59 Å². The molecule has 0 unspecified atom stereocenters. The Hall–Kier alpha value is -3.39. The predicted octanol–water partition coefficient (Wildman–Crippen LogP) is 2.53. The zero-order chi connectivity index (χ0) is 23.5. The van der Waals surface area contributed by atoms with E-state index < -0.39 is 24.0 Å². The standard InChI is InChI=1S/C25H29N3O5/c1-27(2)13-22(24(31)28(14-23(29)30)16-11-12-16)26-25(32)33-15-21-19-9-5-3-7-17(19)18-8-4-6-10-20(18)21/h3-10,16,21-22H,11-15H2,1-2H3,(H,26,32)(H,29,30)/t22-/m0/s1. The molecular formula is C25H29N3O5. The third-order valence-electron chi connectivity index (χ3n) is 6.06. The van der Waals surface area contributed by atoms with Crippen LogP contribution in [-0.2, 0) is 14.3 Å². The topological polar surface area (TPSA) is 99.2 Å². The molecule has 2 aromatic carbocycles. The van der Waals surface area contributed by atoms with Crippen molar-refractivity contribution < 1.29 is 24.2 Å². The van der Waals surface area contributed by atoms with Crippen molar-refractivity contribution in [3.8, 4) is 11.1 Å². The molecule has 1 fully saturated rings. The molecular weight excluding hydrogens is 422 g/mol. The first kappa shape index (κ1) is 22.8. The third-order valence-corrected chi connectivity index (χ3v) is 6.06. The second kappa shape index (κ2) is 9.62. The molecule has 8 heteroatoms. The minimum atomic E-state index is -1.07. The van der Waals surface area contributed by atoms with Crippen molar-refractivity contribution >= 4 is 18.0 Å². The Balaban J connectivity index is 1.44. The number of likely N-dealkylation sites (N-methyl/N-ethyl adjacent to an activating group) is 1. The molecule has 1 atom stereocenters. The SMILES string of the molecule is CN(C)C[C@H](NC(=O)OCC1c2ccccc2-c2ccccc21)C(=O)N(CC(=O)O)C1CC1. The van der Waals surface area contributed by atoms with Crippen molar-refractivity contribution in [3.05, 3.63) is 59.7 Å². The summed E-state index contributed by atoms with van der Waals surface area (Å²) in [5, 5.41) is 11.9. The van der Waals surface area contributed by atoms with E-state index in [4.69, 9.17) is 4.74 Å². The highest BCUT2D eigenvalue weighted by molar-refractivity contribution is 5.89. The number of rotatable bonds is 9. The molecule has 0 radical (unpaired) electrons. The maximum absolute atomic E-state index is 13.1. The Kier molecular flexibility index (Phi) is 6.65. The molecule has 0 aliphatic heterocycles. The van der Waals surface area contributed by atoms with E-state index >= 15 is 0 Å². The molecule has 2 aliphatic rings. The molecule has 33 heavy (non-hydrogen) atoms. The van der Waals surface area contributed by atoms with Gasteiger partial charge >= 0.3 is 12.1 Å². The van der Waals surface area contributed by atoms with Gasteiger partial charge in [0.15, 0.2) is 0 Å². The number of hydrogen-bond acceptors (Lipinski definition) is 5. The van der Waals surface area contributed by atoms with Crippen LogP contribution in [0.25, 0.3) is 11.1 Å². The zero-order valence-corrected chi connectivity index (χ0v) is 18.9. The van der Waals surface area contributed by atoms with Crippen molar-refractivity contribution in [3.63, 3.8) is 0 Å². The number of hydrogen-bond donors (Lipinski definition) is 2. The van der Waals surface area contributed by atoms with Gasteiger partial charge in [-0.15, -0.1) is 0 Å². The van der Waals surface area contributed by atoms with Crippen LogP contribution >= 0.6 is 0 Å². The lowest BCUT2D eigenvalue weighted by atomic mass is 9.98. The van der Waals surface area contributed by atoms with Gasteiger partial charge in [-0.05, 0) is 49.2 Å². The molecule has 0 aromatic heterocycles. The fraction of sp³-hybridized carbons (Fsp3) is 0.400. The van der Waals surface area contributed by atoms with Gasteiger partial charge in [0.05, 0.1) is 0 Å². The lowest BCUT2D eigenvalue weighted by Gasteiger charge is -2.28. The summed E-state index contributed by atoms with van der Waals surface area (Å²) in [6.45, 7) is 0.00979. The summed E-state index contributed by atoms with van der Waals surface area (Å²) in [6.07, 6.45) is 0.861. The van der Waals surface area contributed by atoms with Crippen LogP contribution < -0.4 is 5.32 Å². The van der Waals surface area contributed by atoms with Gasteiger partial charge in [-0.1, -0.05) is 48.5 Å². The molecule has 1 saturated carbocycles. The molecule has 0 bridgehead atoms. The van der Waals surface area contributed by atoms with E-state index in [2.05, 4.69) is 17.4 Å². The minimum Gasteiger partial charge on any atom is -0.480 e. The Morgan fingerprint density at radius 2 is 1.61 bits per heavy atom. The average molecular weight is 452 g/mol. The highest BCUT2D eigenvalue weighted by Crippen LogP contribution is 2.44. The number of nitrogens with one attached hydrogen (secondary N) is 1. The second-order valence-electron chi connectivity index (χ2n) is 8.88. The summed E-state index contributed by atoms with van der Waals surface area (Å²) >= 11 is 0. The number of alkyl carbamates (subject to hydrolysis) is 1. The van der Waals surface area contributed by atoms with Crippen LogP contribution in [0.1, 0.15) is 29.9 Å². The van der Waals surface area contributed by atoms with E-state index in [9.17, 15) is 19.5 Å². The van der Waals surface area contributed by atoms with E-state index in [1.54, 1.807) is 19.0 Å². The van der Waals surface area contributed by atoms with Crippen LogP contribution in [0.15, 0.2) is 48.5 Å². The normalized spacial score (nSPS) is 15.5. The van der Waals surface area contributed by atoms with E-state index in [0.29, 0.717) is 0 Å². The summed E-state index contributed by atoms with van der Waals surface area (Å²) in [5.41, 5.74) is 4.48. The molecule has 0 heterocycles. The second-order valence-corrected chi connectivity index (χ2v) is 8.88. The molecule has 0 spiro atoms. The zero-order valence-electron chi connectivity index (χ0n) is 18.9. The average Bonchev–Trinajstić information content (AvgIpc) is 3.57. The van der Waals surface area contributed by atoms with Crippen LogP contribution in [0.3, 0.4) is 0 Å². The molecule has 2 aromatic rings. The van der Waals surface area contributed by atoms with E-state index in [0.717, 1.165) is 35.1 Å². The van der Waals surface area contributed by atoms with Crippen LogP contribution in [0.4, 0.5) is 4.79 Å². The Bertz CT molecular complexity index is 1000. The van der Waals surface area contributed by atoms with E-state index in [1.807, 2.05) is 36.4 Å². The fourth-order valence-electron chi connectivity index (χ4n) is 4.45. The highest BCUT2D eigenvalue weighted by Gasteiger charge is 2.38. The summed E-state index contributed by atoms with van der Waals surface area (Å²) < 4.78 is 5.58. The maximum atomic E-state index is 13.1. The molecule has 8 nitrogen and oxygen atoms in total. The van der Waals surface area contributed by atoms with Gasteiger partial charge in [0.25, 0.3) is 0 Å². The summed E-state index contributed by atoms with van der Waals surface area (Å²) in [7, 11) is 3.58. The van der Waals surface area contributed by atoms with E-state index in [-0.39, 0.29) is 31.7 Å². The van der Waals surface area contributed by atoms with Crippen molar-refractivity contribution in [1.29, 1.82) is 0 Å². The van der Waals surface area contributed by atoms with Crippen LogP contribution in [0.2, 0.25) is 0 Å². The molecule has 2 N–H and O–H groups in total. The lowest BCUT2D eigenvalue weighted by molar-refractivity contribution is -0.145. The number of ether oxygens (including phenoxy) is 1. The Morgan fingerprint density at radius 1 is 1.03 bits per heavy atom. The highest BCUT2D eigenvalue weighted by atomic mass is 16.5. The number of benzene rings is 2. The molecule has 2 amide bonds. The van der Waals surface area contributed by atoms with Crippen LogP contribution in [-0.4, -0.2) is 78.8 Å². The summed E-state index contributed by atoms with van der Waals surface area (Å²) in [6, 6.07) is 15.2. The van der Waals surface area contributed by atoms with Gasteiger partial charge in [0.1, 0.15) is 19.2 Å². The first-order valence-corrected chi connectivity index (χ1v) is 11.1. The van der Waals surface area contributed by atoms with Gasteiger partial charge in [0.2, 0.25) is 5.91 Å². The number of carbonyl (C=O) groups excluding carboxylic acids is 2. The number of amides is 2. The van der Waals surface area contributed by atoms with Gasteiger partial charge in [-0.25, -0.2) is 4.79 Å². The molecule has 2 aliphatic carbocycles. The first-order chi connectivity index (χ1) is 15.8. The Morgan fingerprint density at radius 3 is 2.12 bits per heavy atom. The smallest absolute Gasteiger partial charge is 0.407 e. The minimum absolute atomic E-state index is 0.0809. The predicted molar refractivity (Wildman–Crippen MR) is 123 cm³/mol. The van der Waals surface area contributed by atoms with Gasteiger partial charge in [-0.2, -0.15) is 0 Å². The van der Waals surface area contributed by atoms with Crippen molar-refractivity contribution in [2.45, 2.75) is 30.8 Å². The Labute approximate surface area is 193 Å². The number of fused-ring (bicyclic) bond motifs is 3.